The number of hydrogen-bond acceptors (Lipinski definition) is 3. The van der Waals surface area contributed by atoms with Gasteiger partial charge in [0.1, 0.15) is 11.5 Å². The van der Waals surface area contributed by atoms with E-state index in [1.807, 2.05) is 0 Å². The lowest BCUT2D eigenvalue weighted by atomic mass is 9.85. The first-order chi connectivity index (χ1) is 9.81. The lowest BCUT2D eigenvalue weighted by Crippen LogP contribution is -2.44. The van der Waals surface area contributed by atoms with Gasteiger partial charge in [0, 0.05) is 23.6 Å². The highest BCUT2D eigenvalue weighted by molar-refractivity contribution is 6.17. The van der Waals surface area contributed by atoms with Crippen LogP contribution in [-0.4, -0.2) is 32.0 Å². The number of hydrogen-bond donors (Lipinski definition) is 1. The number of amides is 1. The molecule has 21 heavy (non-hydrogen) atoms. The van der Waals surface area contributed by atoms with Crippen molar-refractivity contribution >= 4 is 17.5 Å². The van der Waals surface area contributed by atoms with Crippen molar-refractivity contribution in [2.45, 2.75) is 33.2 Å². The fraction of sp³-hybridized carbons (Fsp3) is 0.562. The fourth-order valence-corrected chi connectivity index (χ4v) is 2.23. The molecule has 1 atom stereocenters. The van der Waals surface area contributed by atoms with Crippen LogP contribution < -0.4 is 14.8 Å². The molecule has 0 aliphatic heterocycles. The zero-order chi connectivity index (χ0) is 16.0. The van der Waals surface area contributed by atoms with Gasteiger partial charge in [-0.25, -0.2) is 0 Å². The Kier molecular flexibility index (Phi) is 6.34. The first kappa shape index (κ1) is 17.6. The van der Waals surface area contributed by atoms with Gasteiger partial charge in [-0.1, -0.05) is 20.8 Å². The summed E-state index contributed by atoms with van der Waals surface area (Å²) in [4.78, 5) is 12.4. The van der Waals surface area contributed by atoms with Crippen LogP contribution in [0.3, 0.4) is 0 Å². The van der Waals surface area contributed by atoms with E-state index < -0.39 is 0 Å². The summed E-state index contributed by atoms with van der Waals surface area (Å²) in [5.41, 5.74) is 0.447. The van der Waals surface area contributed by atoms with Crippen LogP contribution in [0.5, 0.6) is 11.5 Å². The molecule has 0 saturated carbocycles. The molecule has 0 spiro atoms. The third-order valence-electron chi connectivity index (χ3n) is 3.36. The quantitative estimate of drug-likeness (QED) is 0.818. The van der Waals surface area contributed by atoms with Crippen molar-refractivity contribution in [3.63, 3.8) is 0 Å². The van der Waals surface area contributed by atoms with Crippen molar-refractivity contribution in [3.05, 3.63) is 23.8 Å². The Morgan fingerprint density at radius 1 is 1.19 bits per heavy atom. The molecule has 1 N–H and O–H groups in total. The molecular formula is C16H24ClNO3. The highest BCUT2D eigenvalue weighted by Crippen LogP contribution is 2.25. The molecule has 0 aliphatic carbocycles. The smallest absolute Gasteiger partial charge is 0.251 e. The third kappa shape index (κ3) is 5.12. The predicted molar refractivity (Wildman–Crippen MR) is 85.6 cm³/mol. The molecule has 0 fully saturated rings. The van der Waals surface area contributed by atoms with E-state index >= 15 is 0 Å². The van der Waals surface area contributed by atoms with Crippen LogP contribution >= 0.6 is 11.6 Å². The average molecular weight is 314 g/mol. The van der Waals surface area contributed by atoms with Crippen molar-refractivity contribution in [3.8, 4) is 11.5 Å². The summed E-state index contributed by atoms with van der Waals surface area (Å²) in [6.07, 6.45) is 0.720. The van der Waals surface area contributed by atoms with Gasteiger partial charge in [-0.3, -0.25) is 4.79 Å². The minimum Gasteiger partial charge on any atom is -0.497 e. The molecular weight excluding hydrogens is 290 g/mol. The second-order valence-corrected chi connectivity index (χ2v) is 6.35. The summed E-state index contributed by atoms with van der Waals surface area (Å²) in [5.74, 6) is 1.52. The van der Waals surface area contributed by atoms with Gasteiger partial charge < -0.3 is 14.8 Å². The molecule has 1 unspecified atom stereocenters. The second-order valence-electron chi connectivity index (χ2n) is 5.97. The number of carbonyl (C=O) groups is 1. The molecule has 0 heterocycles. The van der Waals surface area contributed by atoms with Crippen molar-refractivity contribution in [2.75, 3.05) is 20.1 Å². The van der Waals surface area contributed by atoms with Gasteiger partial charge in [-0.2, -0.15) is 0 Å². The van der Waals surface area contributed by atoms with Crippen molar-refractivity contribution in [2.24, 2.45) is 5.41 Å². The van der Waals surface area contributed by atoms with Gasteiger partial charge in [0.05, 0.1) is 14.2 Å². The van der Waals surface area contributed by atoms with Crippen LogP contribution in [0.15, 0.2) is 18.2 Å². The minimum atomic E-state index is -0.155. The molecule has 5 heteroatoms. The van der Waals surface area contributed by atoms with E-state index in [2.05, 4.69) is 26.1 Å². The maximum atomic E-state index is 12.4. The standard InChI is InChI=1S/C16H24ClNO3/c1-16(2,3)14(6-7-17)18-15(19)11-8-12(20-4)10-13(9-11)21-5/h8-10,14H,6-7H2,1-5H3,(H,18,19). The van der Waals surface area contributed by atoms with E-state index in [9.17, 15) is 4.79 Å². The predicted octanol–water partition coefficient (Wildman–Crippen LogP) is 3.48. The van der Waals surface area contributed by atoms with Crippen molar-refractivity contribution < 1.29 is 14.3 Å². The van der Waals surface area contributed by atoms with Crippen molar-refractivity contribution in [1.29, 1.82) is 0 Å². The topological polar surface area (TPSA) is 47.6 Å². The lowest BCUT2D eigenvalue weighted by molar-refractivity contribution is 0.0899. The van der Waals surface area contributed by atoms with Crippen LogP contribution in [0.2, 0.25) is 0 Å². The van der Waals surface area contributed by atoms with Gasteiger partial charge in [-0.05, 0) is 24.0 Å². The minimum absolute atomic E-state index is 0.000282. The maximum absolute atomic E-state index is 12.4. The number of nitrogens with one attached hydrogen (secondary N) is 1. The van der Waals surface area contributed by atoms with E-state index in [1.54, 1.807) is 32.4 Å². The summed E-state index contributed by atoms with van der Waals surface area (Å²) in [5, 5.41) is 3.04. The van der Waals surface area contributed by atoms with Gasteiger partial charge in [-0.15, -0.1) is 11.6 Å². The van der Waals surface area contributed by atoms with E-state index in [4.69, 9.17) is 21.1 Å². The SMILES string of the molecule is COc1cc(OC)cc(C(=O)NC(CCCl)C(C)(C)C)c1. The van der Waals surface area contributed by atoms with E-state index in [-0.39, 0.29) is 17.4 Å². The zero-order valence-corrected chi connectivity index (χ0v) is 14.1. The Balaban J connectivity index is 2.96. The van der Waals surface area contributed by atoms with Gasteiger partial charge >= 0.3 is 0 Å². The number of carbonyl (C=O) groups excluding carboxylic acids is 1. The molecule has 0 aliphatic rings. The molecule has 1 rings (SSSR count). The number of benzene rings is 1. The number of alkyl halides is 1. The summed E-state index contributed by atoms with van der Waals surface area (Å²) in [6.45, 7) is 6.24. The first-order valence-electron chi connectivity index (χ1n) is 6.91. The summed E-state index contributed by atoms with van der Waals surface area (Å²) >= 11 is 5.84. The molecule has 4 nitrogen and oxygen atoms in total. The first-order valence-corrected chi connectivity index (χ1v) is 7.45. The van der Waals surface area contributed by atoms with Gasteiger partial charge in [0.2, 0.25) is 0 Å². The summed E-state index contributed by atoms with van der Waals surface area (Å²) in [7, 11) is 3.11. The van der Waals surface area contributed by atoms with Gasteiger partial charge in [0.25, 0.3) is 5.91 Å². The highest BCUT2D eigenvalue weighted by Gasteiger charge is 2.26. The average Bonchev–Trinajstić information content (AvgIpc) is 2.45. The Hall–Kier alpha value is -1.42. The largest absolute Gasteiger partial charge is 0.497 e. The van der Waals surface area contributed by atoms with E-state index in [0.717, 1.165) is 6.42 Å². The number of rotatable bonds is 6. The molecule has 118 valence electrons. The summed E-state index contributed by atoms with van der Waals surface area (Å²) in [6, 6.07) is 5.12. The number of ether oxygens (including phenoxy) is 2. The zero-order valence-electron chi connectivity index (χ0n) is 13.3. The van der Waals surface area contributed by atoms with Crippen LogP contribution in [0.25, 0.3) is 0 Å². The highest BCUT2D eigenvalue weighted by atomic mass is 35.5. The molecule has 1 aromatic carbocycles. The van der Waals surface area contributed by atoms with Crippen LogP contribution in [-0.2, 0) is 0 Å². The van der Waals surface area contributed by atoms with E-state index in [1.165, 1.54) is 0 Å². The number of halogens is 1. The Morgan fingerprint density at radius 3 is 2.10 bits per heavy atom. The monoisotopic (exact) mass is 313 g/mol. The van der Waals surface area contributed by atoms with Crippen LogP contribution in [0.1, 0.15) is 37.6 Å². The maximum Gasteiger partial charge on any atom is 0.251 e. The normalized spacial score (nSPS) is 12.7. The Bertz CT molecular complexity index is 461. The molecule has 1 amide bonds. The molecule has 0 saturated heterocycles. The Morgan fingerprint density at radius 2 is 1.71 bits per heavy atom. The second kappa shape index (κ2) is 7.55. The van der Waals surface area contributed by atoms with Crippen LogP contribution in [0.4, 0.5) is 0 Å². The fourth-order valence-electron chi connectivity index (χ4n) is 2.01. The van der Waals surface area contributed by atoms with Crippen molar-refractivity contribution in [1.82, 2.24) is 5.32 Å². The van der Waals surface area contributed by atoms with Crippen LogP contribution in [0, 0.1) is 5.41 Å². The molecule has 0 radical (unpaired) electrons. The Labute approximate surface area is 131 Å². The molecule has 1 aromatic rings. The molecule has 0 aromatic heterocycles. The third-order valence-corrected chi connectivity index (χ3v) is 3.58. The number of methoxy groups -OCH3 is 2. The van der Waals surface area contributed by atoms with E-state index in [0.29, 0.717) is 22.9 Å². The van der Waals surface area contributed by atoms with Gasteiger partial charge in [0.15, 0.2) is 0 Å². The molecule has 0 bridgehead atoms. The summed E-state index contributed by atoms with van der Waals surface area (Å²) < 4.78 is 10.4. The lowest BCUT2D eigenvalue weighted by Gasteiger charge is -2.31.